The average Bonchev–Trinajstić information content (AvgIpc) is 3.42. The lowest BCUT2D eigenvalue weighted by Crippen LogP contribution is -2.27. The molecule has 0 bridgehead atoms. The summed E-state index contributed by atoms with van der Waals surface area (Å²) in [5.74, 6) is 0. The molecule has 6 rings (SSSR count). The number of benzene rings is 1. The van der Waals surface area contributed by atoms with Crippen LogP contribution in [0.25, 0.3) is 42.1 Å². The van der Waals surface area contributed by atoms with Crippen LogP contribution in [0.4, 0.5) is 0 Å². The Morgan fingerprint density at radius 2 is 2.03 bits per heavy atom. The summed E-state index contributed by atoms with van der Waals surface area (Å²) in [6, 6.07) is 12.5. The zero-order valence-corrected chi connectivity index (χ0v) is 17.2. The van der Waals surface area contributed by atoms with Gasteiger partial charge in [-0.2, -0.15) is 0 Å². The summed E-state index contributed by atoms with van der Waals surface area (Å²) >= 11 is 3.01. The monoisotopic (exact) mass is 430 g/mol. The van der Waals surface area contributed by atoms with E-state index < -0.39 is 0 Å². The number of aryl methyl sites for hydroxylation is 1. The molecule has 6 nitrogen and oxygen atoms in total. The number of hydrogen-bond donors (Lipinski definition) is 1. The van der Waals surface area contributed by atoms with Crippen LogP contribution in [0.5, 0.6) is 0 Å². The number of pyridine rings is 1. The number of aromatic nitrogens is 3. The summed E-state index contributed by atoms with van der Waals surface area (Å²) in [7, 11) is 0. The molecule has 30 heavy (non-hydrogen) atoms. The summed E-state index contributed by atoms with van der Waals surface area (Å²) in [5.41, 5.74) is 8.49. The number of hydrogen-bond acceptors (Lipinski definition) is 6. The number of nitrogens with one attached hydrogen (secondary N) is 1. The van der Waals surface area contributed by atoms with E-state index in [1.807, 2.05) is 12.1 Å². The van der Waals surface area contributed by atoms with Gasteiger partial charge in [0.05, 0.1) is 11.2 Å². The van der Waals surface area contributed by atoms with Gasteiger partial charge < -0.3 is 0 Å². The fourth-order valence-electron chi connectivity index (χ4n) is 4.24. The van der Waals surface area contributed by atoms with Crippen LogP contribution in [0.15, 0.2) is 52.9 Å². The Morgan fingerprint density at radius 1 is 1.13 bits per heavy atom. The Kier molecular flexibility index (Phi) is 3.84. The van der Waals surface area contributed by atoms with Crippen molar-refractivity contribution in [2.24, 2.45) is 0 Å². The molecule has 0 unspecified atom stereocenters. The highest BCUT2D eigenvalue weighted by Crippen LogP contribution is 2.46. The van der Waals surface area contributed by atoms with Gasteiger partial charge in [0.1, 0.15) is 15.9 Å². The first-order chi connectivity index (χ1) is 14.8. The number of rotatable bonds is 3. The maximum absolute atomic E-state index is 12.9. The van der Waals surface area contributed by atoms with Crippen LogP contribution < -0.4 is 11.0 Å². The number of carbonyl (C=O) groups is 1. The highest BCUT2D eigenvalue weighted by atomic mass is 32.1. The van der Waals surface area contributed by atoms with Crippen LogP contribution in [0.3, 0.4) is 0 Å². The molecule has 8 heteroatoms. The van der Waals surface area contributed by atoms with Crippen molar-refractivity contribution < 1.29 is 4.79 Å². The first-order valence-electron chi connectivity index (χ1n) is 9.45. The molecule has 4 aromatic heterocycles. The van der Waals surface area contributed by atoms with Crippen molar-refractivity contribution in [3.8, 4) is 21.7 Å². The third-order valence-electron chi connectivity index (χ3n) is 5.51. The quantitative estimate of drug-likeness (QED) is 0.435. The number of amides is 1. The second-order valence-electron chi connectivity index (χ2n) is 7.08. The SMILES string of the molecule is O=CNn1cnc2c(sc3nc4c(c(-c5cccs5)c32)CCc2ccccc2-4)c1=O. The Morgan fingerprint density at radius 3 is 2.87 bits per heavy atom. The lowest BCUT2D eigenvalue weighted by Gasteiger charge is -2.22. The molecule has 1 aliphatic carbocycles. The van der Waals surface area contributed by atoms with Crippen LogP contribution in [0.2, 0.25) is 0 Å². The standard InChI is InChI=1S/C22H14N4O2S2/c27-11-24-26-10-23-19-17-16(15-6-3-9-29-15)14-8-7-12-4-1-2-5-13(12)18(14)25-21(17)30-20(19)22(26)28/h1-6,9-11H,7-8H2,(H,24,27). The van der Waals surface area contributed by atoms with Crippen LogP contribution in [-0.2, 0) is 17.6 Å². The highest BCUT2D eigenvalue weighted by molar-refractivity contribution is 7.25. The largest absolute Gasteiger partial charge is 0.290 e. The second kappa shape index (κ2) is 6.58. The number of fused-ring (bicyclic) bond motifs is 6. The summed E-state index contributed by atoms with van der Waals surface area (Å²) in [6.07, 6.45) is 3.68. The predicted octanol–water partition coefficient (Wildman–Crippen LogP) is 4.20. The molecular weight excluding hydrogens is 416 g/mol. The van der Waals surface area contributed by atoms with E-state index in [0.29, 0.717) is 16.6 Å². The van der Waals surface area contributed by atoms with Gasteiger partial charge in [0.25, 0.3) is 5.56 Å². The highest BCUT2D eigenvalue weighted by Gasteiger charge is 2.26. The molecule has 0 radical (unpaired) electrons. The van der Waals surface area contributed by atoms with Gasteiger partial charge in [-0.1, -0.05) is 30.3 Å². The maximum Gasteiger partial charge on any atom is 0.290 e. The molecule has 0 aliphatic heterocycles. The number of thiophene rings is 2. The van der Waals surface area contributed by atoms with E-state index in [0.717, 1.165) is 49.4 Å². The second-order valence-corrected chi connectivity index (χ2v) is 9.02. The Bertz CT molecular complexity index is 1520. The van der Waals surface area contributed by atoms with Gasteiger partial charge in [-0.25, -0.2) is 14.6 Å². The average molecular weight is 431 g/mol. The summed E-state index contributed by atoms with van der Waals surface area (Å²) < 4.78 is 1.59. The minimum Gasteiger partial charge on any atom is -0.277 e. The molecule has 5 aromatic rings. The Hall–Kier alpha value is -3.36. The molecule has 1 amide bonds. The Labute approximate surface area is 178 Å². The molecule has 1 aliphatic rings. The lowest BCUT2D eigenvalue weighted by atomic mass is 9.85. The van der Waals surface area contributed by atoms with Gasteiger partial charge in [0.2, 0.25) is 6.41 Å². The van der Waals surface area contributed by atoms with Crippen LogP contribution in [0.1, 0.15) is 11.1 Å². The van der Waals surface area contributed by atoms with Crippen molar-refractivity contribution in [1.82, 2.24) is 14.6 Å². The molecule has 0 saturated heterocycles. The lowest BCUT2D eigenvalue weighted by molar-refractivity contribution is -0.106. The Balaban J connectivity index is 1.78. The summed E-state index contributed by atoms with van der Waals surface area (Å²) in [6.45, 7) is 0. The molecule has 0 saturated carbocycles. The minimum absolute atomic E-state index is 0.300. The van der Waals surface area contributed by atoms with Crippen molar-refractivity contribution in [1.29, 1.82) is 0 Å². The van der Waals surface area contributed by atoms with Crippen molar-refractivity contribution in [2.45, 2.75) is 12.8 Å². The number of nitrogens with zero attached hydrogens (tertiary/aromatic N) is 3. The van der Waals surface area contributed by atoms with Gasteiger partial charge in [0.15, 0.2) is 0 Å². The van der Waals surface area contributed by atoms with E-state index in [1.165, 1.54) is 28.8 Å². The summed E-state index contributed by atoms with van der Waals surface area (Å²) in [4.78, 5) is 35.2. The van der Waals surface area contributed by atoms with Gasteiger partial charge in [-0.3, -0.25) is 15.0 Å². The van der Waals surface area contributed by atoms with Crippen LogP contribution in [0, 0.1) is 0 Å². The molecule has 1 aromatic carbocycles. The van der Waals surface area contributed by atoms with Crippen LogP contribution >= 0.6 is 22.7 Å². The normalized spacial score (nSPS) is 12.7. The van der Waals surface area contributed by atoms with Crippen molar-refractivity contribution in [3.63, 3.8) is 0 Å². The van der Waals surface area contributed by atoms with Crippen molar-refractivity contribution in [3.05, 3.63) is 69.6 Å². The van der Waals surface area contributed by atoms with E-state index >= 15 is 0 Å². The van der Waals surface area contributed by atoms with Gasteiger partial charge in [-0.05, 0) is 35.4 Å². The van der Waals surface area contributed by atoms with Crippen LogP contribution in [-0.4, -0.2) is 21.1 Å². The summed E-state index contributed by atoms with van der Waals surface area (Å²) in [5, 5.41) is 2.99. The van der Waals surface area contributed by atoms with E-state index in [-0.39, 0.29) is 5.56 Å². The molecule has 1 N–H and O–H groups in total. The van der Waals surface area contributed by atoms with E-state index in [4.69, 9.17) is 4.98 Å². The zero-order chi connectivity index (χ0) is 20.2. The zero-order valence-electron chi connectivity index (χ0n) is 15.6. The van der Waals surface area contributed by atoms with Crippen molar-refractivity contribution in [2.75, 3.05) is 5.43 Å². The number of carbonyl (C=O) groups excluding carboxylic acids is 1. The molecule has 146 valence electrons. The molecule has 0 spiro atoms. The predicted molar refractivity (Wildman–Crippen MR) is 121 cm³/mol. The maximum atomic E-state index is 12.9. The van der Waals surface area contributed by atoms with Gasteiger partial charge in [-0.15, -0.1) is 22.7 Å². The molecular formula is C22H14N4O2S2. The van der Waals surface area contributed by atoms with E-state index in [9.17, 15) is 9.59 Å². The smallest absolute Gasteiger partial charge is 0.277 e. The van der Waals surface area contributed by atoms with E-state index in [1.54, 1.807) is 11.3 Å². The fraction of sp³-hybridized carbons (Fsp3) is 0.0909. The minimum atomic E-state index is -0.300. The molecule has 4 heterocycles. The molecule has 0 atom stereocenters. The third-order valence-corrected chi connectivity index (χ3v) is 7.46. The van der Waals surface area contributed by atoms with Gasteiger partial charge in [0, 0.05) is 21.4 Å². The van der Waals surface area contributed by atoms with Gasteiger partial charge >= 0.3 is 0 Å². The fourth-order valence-corrected chi connectivity index (χ4v) is 6.11. The van der Waals surface area contributed by atoms with E-state index in [2.05, 4.69) is 40.1 Å². The molecule has 0 fully saturated rings. The first-order valence-corrected chi connectivity index (χ1v) is 11.1. The first kappa shape index (κ1) is 17.5. The third kappa shape index (κ3) is 2.41. The van der Waals surface area contributed by atoms with Crippen molar-refractivity contribution >= 4 is 49.5 Å². The topological polar surface area (TPSA) is 76.9 Å².